The van der Waals surface area contributed by atoms with Crippen molar-refractivity contribution in [3.63, 3.8) is 0 Å². The molecule has 15 heavy (non-hydrogen) atoms. The first-order valence-electron chi connectivity index (χ1n) is 5.95. The maximum Gasteiger partial charge on any atom is 0.0871 e. The number of hydrogen-bond acceptors (Lipinski definition) is 4. The van der Waals surface area contributed by atoms with Crippen LogP contribution in [0.25, 0.3) is 0 Å². The van der Waals surface area contributed by atoms with Gasteiger partial charge in [-0.25, -0.2) is 0 Å². The lowest BCUT2D eigenvalue weighted by Gasteiger charge is -2.37. The number of rotatable bonds is 5. The summed E-state index contributed by atoms with van der Waals surface area (Å²) in [6, 6.07) is 0.271. The van der Waals surface area contributed by atoms with Crippen molar-refractivity contribution in [2.75, 3.05) is 26.7 Å². The Morgan fingerprint density at radius 1 is 1.60 bits per heavy atom. The van der Waals surface area contributed by atoms with E-state index >= 15 is 0 Å². The zero-order valence-corrected chi connectivity index (χ0v) is 10.2. The van der Waals surface area contributed by atoms with Gasteiger partial charge >= 0.3 is 0 Å². The lowest BCUT2D eigenvalue weighted by molar-refractivity contribution is -0.0486. The van der Waals surface area contributed by atoms with Crippen LogP contribution in [0.3, 0.4) is 0 Å². The molecule has 1 heterocycles. The Balaban J connectivity index is 2.48. The van der Waals surface area contributed by atoms with Crippen LogP contribution in [0.1, 0.15) is 26.7 Å². The molecule has 1 saturated heterocycles. The summed E-state index contributed by atoms with van der Waals surface area (Å²) in [5.74, 6) is 6.20. The molecule has 0 spiro atoms. The smallest absolute Gasteiger partial charge is 0.0871 e. The highest BCUT2D eigenvalue weighted by Gasteiger charge is 2.29. The van der Waals surface area contributed by atoms with Gasteiger partial charge in [-0.15, -0.1) is 0 Å². The van der Waals surface area contributed by atoms with Gasteiger partial charge in [-0.3, -0.25) is 11.3 Å². The van der Waals surface area contributed by atoms with Crippen molar-refractivity contribution in [2.24, 2.45) is 11.8 Å². The third-order valence-corrected chi connectivity index (χ3v) is 3.25. The normalized spacial score (nSPS) is 27.6. The molecule has 0 bridgehead atoms. The molecular formula is C11H25N3O. The van der Waals surface area contributed by atoms with Gasteiger partial charge in [-0.05, 0) is 19.4 Å². The molecule has 1 rings (SSSR count). The zero-order valence-electron chi connectivity index (χ0n) is 10.2. The third-order valence-electron chi connectivity index (χ3n) is 3.25. The first-order valence-corrected chi connectivity index (χ1v) is 5.95. The second kappa shape index (κ2) is 6.43. The van der Waals surface area contributed by atoms with E-state index in [1.165, 1.54) is 12.8 Å². The lowest BCUT2D eigenvalue weighted by Crippen LogP contribution is -2.55. The van der Waals surface area contributed by atoms with E-state index in [0.717, 1.165) is 19.7 Å². The van der Waals surface area contributed by atoms with Crippen LogP contribution in [0.2, 0.25) is 0 Å². The van der Waals surface area contributed by atoms with Crippen molar-refractivity contribution in [1.29, 1.82) is 0 Å². The van der Waals surface area contributed by atoms with Crippen molar-refractivity contribution < 1.29 is 4.74 Å². The lowest BCUT2D eigenvalue weighted by atomic mass is 9.92. The maximum atomic E-state index is 5.78. The maximum absolute atomic E-state index is 5.78. The number of hydrazine groups is 1. The topological polar surface area (TPSA) is 50.5 Å². The van der Waals surface area contributed by atoms with Gasteiger partial charge in [0.2, 0.25) is 0 Å². The van der Waals surface area contributed by atoms with Crippen LogP contribution in [-0.4, -0.2) is 43.8 Å². The van der Waals surface area contributed by atoms with E-state index in [1.807, 2.05) is 0 Å². The Labute approximate surface area is 93.1 Å². The average Bonchev–Trinajstić information content (AvgIpc) is 2.19. The molecule has 3 atom stereocenters. The largest absolute Gasteiger partial charge is 0.374 e. The molecule has 90 valence electrons. The Morgan fingerprint density at radius 3 is 2.87 bits per heavy atom. The molecule has 4 nitrogen and oxygen atoms in total. The Hall–Kier alpha value is -0.160. The second-order valence-electron chi connectivity index (χ2n) is 4.63. The van der Waals surface area contributed by atoms with Gasteiger partial charge in [0.05, 0.1) is 18.8 Å². The first-order chi connectivity index (χ1) is 7.19. The monoisotopic (exact) mass is 215 g/mol. The van der Waals surface area contributed by atoms with Crippen molar-refractivity contribution >= 4 is 0 Å². The summed E-state index contributed by atoms with van der Waals surface area (Å²) in [7, 11) is 2.13. The second-order valence-corrected chi connectivity index (χ2v) is 4.63. The fraction of sp³-hybridized carbons (Fsp3) is 1.00. The van der Waals surface area contributed by atoms with Gasteiger partial charge in [0.25, 0.3) is 0 Å². The SMILES string of the molecule is CCCC(C)C(NN)C1CN(C)CCO1. The van der Waals surface area contributed by atoms with Crippen LogP contribution < -0.4 is 11.3 Å². The molecule has 1 aliphatic rings. The molecule has 3 N–H and O–H groups in total. The molecule has 4 heteroatoms. The van der Waals surface area contributed by atoms with Crippen LogP contribution in [0, 0.1) is 5.92 Å². The van der Waals surface area contributed by atoms with E-state index in [2.05, 4.69) is 31.2 Å². The minimum atomic E-state index is 0.232. The Morgan fingerprint density at radius 2 is 2.33 bits per heavy atom. The van der Waals surface area contributed by atoms with Gasteiger partial charge < -0.3 is 9.64 Å². The molecule has 3 unspecified atom stereocenters. The van der Waals surface area contributed by atoms with Crippen molar-refractivity contribution in [1.82, 2.24) is 10.3 Å². The molecule has 0 aromatic carbocycles. The summed E-state index contributed by atoms with van der Waals surface area (Å²) in [6.07, 6.45) is 2.62. The average molecular weight is 215 g/mol. The number of nitrogens with two attached hydrogens (primary N) is 1. The minimum absolute atomic E-state index is 0.232. The molecule has 0 saturated carbocycles. The summed E-state index contributed by atoms with van der Waals surface area (Å²) < 4.78 is 5.78. The predicted octanol–water partition coefficient (Wildman–Crippen LogP) is 0.585. The Bertz CT molecular complexity index is 177. The predicted molar refractivity (Wildman–Crippen MR) is 62.4 cm³/mol. The summed E-state index contributed by atoms with van der Waals surface area (Å²) in [5.41, 5.74) is 2.93. The fourth-order valence-corrected chi connectivity index (χ4v) is 2.30. The molecule has 1 aliphatic heterocycles. The molecular weight excluding hydrogens is 190 g/mol. The number of likely N-dealkylation sites (N-methyl/N-ethyl adjacent to an activating group) is 1. The van der Waals surface area contributed by atoms with Crippen molar-refractivity contribution in [2.45, 2.75) is 38.8 Å². The molecule has 0 aromatic heterocycles. The van der Waals surface area contributed by atoms with Gasteiger partial charge in [-0.2, -0.15) is 0 Å². The van der Waals surface area contributed by atoms with E-state index in [-0.39, 0.29) is 12.1 Å². The highest BCUT2D eigenvalue weighted by Crippen LogP contribution is 2.17. The van der Waals surface area contributed by atoms with Crippen LogP contribution in [0.15, 0.2) is 0 Å². The summed E-state index contributed by atoms with van der Waals surface area (Å²) >= 11 is 0. The van der Waals surface area contributed by atoms with E-state index < -0.39 is 0 Å². The summed E-state index contributed by atoms with van der Waals surface area (Å²) in [6.45, 7) is 7.26. The molecule has 0 radical (unpaired) electrons. The standard InChI is InChI=1S/C11H25N3O/c1-4-5-9(2)11(13-12)10-8-14(3)6-7-15-10/h9-11,13H,4-8,12H2,1-3H3. The third kappa shape index (κ3) is 3.72. The van der Waals surface area contributed by atoms with E-state index in [9.17, 15) is 0 Å². The minimum Gasteiger partial charge on any atom is -0.374 e. The van der Waals surface area contributed by atoms with Crippen LogP contribution >= 0.6 is 0 Å². The summed E-state index contributed by atoms with van der Waals surface area (Å²) in [4.78, 5) is 2.30. The van der Waals surface area contributed by atoms with Gasteiger partial charge in [0.15, 0.2) is 0 Å². The van der Waals surface area contributed by atoms with Gasteiger partial charge in [0.1, 0.15) is 0 Å². The summed E-state index contributed by atoms with van der Waals surface area (Å²) in [5, 5.41) is 0. The van der Waals surface area contributed by atoms with Gasteiger partial charge in [0, 0.05) is 13.1 Å². The number of ether oxygens (including phenoxy) is 1. The Kier molecular flexibility index (Phi) is 5.53. The van der Waals surface area contributed by atoms with E-state index in [4.69, 9.17) is 10.6 Å². The zero-order chi connectivity index (χ0) is 11.3. The number of hydrogen-bond donors (Lipinski definition) is 2. The molecule has 0 aromatic rings. The van der Waals surface area contributed by atoms with Crippen LogP contribution in [-0.2, 0) is 4.74 Å². The van der Waals surface area contributed by atoms with Crippen LogP contribution in [0.5, 0.6) is 0 Å². The quantitative estimate of drug-likeness (QED) is 0.520. The number of nitrogens with one attached hydrogen (secondary N) is 1. The molecule has 0 amide bonds. The van der Waals surface area contributed by atoms with Gasteiger partial charge in [-0.1, -0.05) is 20.3 Å². The first kappa shape index (κ1) is 12.9. The highest BCUT2D eigenvalue weighted by atomic mass is 16.5. The highest BCUT2D eigenvalue weighted by molar-refractivity contribution is 4.84. The number of morpholine rings is 1. The molecule has 0 aliphatic carbocycles. The number of nitrogens with zero attached hydrogens (tertiary/aromatic N) is 1. The van der Waals surface area contributed by atoms with E-state index in [0.29, 0.717) is 5.92 Å². The van der Waals surface area contributed by atoms with E-state index in [1.54, 1.807) is 0 Å². The van der Waals surface area contributed by atoms with Crippen molar-refractivity contribution in [3.8, 4) is 0 Å². The van der Waals surface area contributed by atoms with Crippen LogP contribution in [0.4, 0.5) is 0 Å². The fourth-order valence-electron chi connectivity index (χ4n) is 2.30. The van der Waals surface area contributed by atoms with Crippen molar-refractivity contribution in [3.05, 3.63) is 0 Å². The molecule has 1 fully saturated rings.